The molecule has 1 aliphatic rings. The Hall–Kier alpha value is -3.41. The quantitative estimate of drug-likeness (QED) is 0.268. The zero-order valence-electron chi connectivity index (χ0n) is 23.2. The highest BCUT2D eigenvalue weighted by Crippen LogP contribution is 2.45. The Morgan fingerprint density at radius 1 is 0.838 bits per heavy atom. The molecular weight excluding hydrogens is 464 g/mol. The van der Waals surface area contributed by atoms with Crippen molar-refractivity contribution >= 4 is 23.9 Å². The van der Waals surface area contributed by atoms with Gasteiger partial charge in [-0.15, -0.1) is 0 Å². The van der Waals surface area contributed by atoms with Gasteiger partial charge < -0.3 is 15.4 Å². The van der Waals surface area contributed by atoms with Gasteiger partial charge in [-0.1, -0.05) is 58.0 Å². The summed E-state index contributed by atoms with van der Waals surface area (Å²) in [5, 5.41) is 5.37. The molecule has 0 aromatic heterocycles. The summed E-state index contributed by atoms with van der Waals surface area (Å²) in [5.74, 6) is -0.279. The van der Waals surface area contributed by atoms with Crippen LogP contribution in [0.3, 0.4) is 0 Å². The molecule has 2 N–H and O–H groups in total. The van der Waals surface area contributed by atoms with Gasteiger partial charge in [0.1, 0.15) is 5.60 Å². The van der Waals surface area contributed by atoms with Gasteiger partial charge in [0.05, 0.1) is 0 Å². The zero-order valence-corrected chi connectivity index (χ0v) is 23.2. The van der Waals surface area contributed by atoms with Crippen molar-refractivity contribution in [2.75, 3.05) is 13.1 Å². The highest BCUT2D eigenvalue weighted by Gasteiger charge is 2.37. The smallest absolute Gasteiger partial charge is 0.407 e. The van der Waals surface area contributed by atoms with Gasteiger partial charge in [0.15, 0.2) is 5.78 Å². The van der Waals surface area contributed by atoms with E-state index in [1.165, 1.54) is 11.1 Å². The van der Waals surface area contributed by atoms with Gasteiger partial charge in [0, 0.05) is 24.2 Å². The molecule has 0 atom stereocenters. The van der Waals surface area contributed by atoms with Crippen LogP contribution in [0.15, 0.2) is 48.5 Å². The lowest BCUT2D eigenvalue weighted by atomic mass is 9.63. The van der Waals surface area contributed by atoms with E-state index in [1.807, 2.05) is 6.07 Å². The SMILES string of the molecule is CC(C)(C)OC(=O)NCCNC(=O)c1ccc(/C=C/C(=O)c2ccc3c(c2)C(C)(C)CCC3(C)C)cc1. The minimum Gasteiger partial charge on any atom is -0.444 e. The first-order valence-electron chi connectivity index (χ1n) is 12.9. The molecule has 2 aromatic carbocycles. The monoisotopic (exact) mass is 504 g/mol. The predicted molar refractivity (Wildman–Crippen MR) is 148 cm³/mol. The van der Waals surface area contributed by atoms with Gasteiger partial charge >= 0.3 is 6.09 Å². The first kappa shape index (κ1) is 28.2. The number of alkyl carbamates (subject to hydrolysis) is 1. The third-order valence-corrected chi connectivity index (χ3v) is 6.82. The fourth-order valence-corrected chi connectivity index (χ4v) is 4.51. The number of benzene rings is 2. The number of carbonyl (C=O) groups excluding carboxylic acids is 3. The number of nitrogens with one attached hydrogen (secondary N) is 2. The molecule has 0 heterocycles. The average Bonchev–Trinajstić information content (AvgIpc) is 2.82. The fraction of sp³-hybridized carbons (Fsp3) is 0.452. The summed E-state index contributed by atoms with van der Waals surface area (Å²) >= 11 is 0. The van der Waals surface area contributed by atoms with Gasteiger partial charge in [-0.3, -0.25) is 9.59 Å². The Balaban J connectivity index is 1.56. The molecule has 0 unspecified atom stereocenters. The van der Waals surface area contributed by atoms with E-state index in [2.05, 4.69) is 50.5 Å². The van der Waals surface area contributed by atoms with Gasteiger partial charge in [0.25, 0.3) is 5.91 Å². The molecule has 0 saturated carbocycles. The molecule has 1 aliphatic carbocycles. The molecule has 0 fully saturated rings. The van der Waals surface area contributed by atoms with Crippen LogP contribution < -0.4 is 10.6 Å². The lowest BCUT2D eigenvalue weighted by molar-refractivity contribution is 0.0526. The largest absolute Gasteiger partial charge is 0.444 e. The van der Waals surface area contributed by atoms with Crippen LogP contribution in [0.1, 0.15) is 98.7 Å². The number of ether oxygens (including phenoxy) is 1. The normalized spacial score (nSPS) is 16.1. The van der Waals surface area contributed by atoms with Crippen molar-refractivity contribution in [3.05, 3.63) is 76.4 Å². The molecule has 0 aliphatic heterocycles. The lowest BCUT2D eigenvalue weighted by Crippen LogP contribution is -2.37. The van der Waals surface area contributed by atoms with Crippen LogP contribution in [-0.4, -0.2) is 36.5 Å². The lowest BCUT2D eigenvalue weighted by Gasteiger charge is -2.42. The topological polar surface area (TPSA) is 84.5 Å². The second kappa shape index (κ2) is 10.9. The maximum absolute atomic E-state index is 12.9. The van der Waals surface area contributed by atoms with Crippen LogP contribution in [0.4, 0.5) is 4.79 Å². The minimum atomic E-state index is -0.567. The number of hydrogen-bond donors (Lipinski definition) is 2. The van der Waals surface area contributed by atoms with E-state index in [0.717, 1.165) is 18.4 Å². The molecule has 0 spiro atoms. The van der Waals surface area contributed by atoms with Crippen molar-refractivity contribution in [1.29, 1.82) is 0 Å². The second-order valence-electron chi connectivity index (χ2n) is 12.0. The molecule has 37 heavy (non-hydrogen) atoms. The second-order valence-corrected chi connectivity index (χ2v) is 12.0. The molecule has 2 amide bonds. The summed E-state index contributed by atoms with van der Waals surface area (Å²) < 4.78 is 5.16. The molecular formula is C31H40N2O4. The fourth-order valence-electron chi connectivity index (χ4n) is 4.51. The number of amides is 2. The van der Waals surface area contributed by atoms with E-state index in [1.54, 1.807) is 57.2 Å². The molecule has 3 rings (SSSR count). The van der Waals surface area contributed by atoms with Gasteiger partial charge in [-0.2, -0.15) is 0 Å². The summed E-state index contributed by atoms with van der Waals surface area (Å²) in [7, 11) is 0. The number of ketones is 1. The summed E-state index contributed by atoms with van der Waals surface area (Å²) in [4.78, 5) is 37.0. The highest BCUT2D eigenvalue weighted by atomic mass is 16.6. The van der Waals surface area contributed by atoms with Crippen molar-refractivity contribution in [3.8, 4) is 0 Å². The van der Waals surface area contributed by atoms with Crippen molar-refractivity contribution in [1.82, 2.24) is 10.6 Å². The van der Waals surface area contributed by atoms with Gasteiger partial charge in [-0.25, -0.2) is 4.79 Å². The van der Waals surface area contributed by atoms with Crippen molar-refractivity contribution in [2.45, 2.75) is 77.7 Å². The van der Waals surface area contributed by atoms with E-state index in [-0.39, 0.29) is 35.6 Å². The Morgan fingerprint density at radius 3 is 2.03 bits per heavy atom. The Kier molecular flexibility index (Phi) is 8.31. The zero-order chi connectivity index (χ0) is 27.4. The van der Waals surface area contributed by atoms with Crippen LogP contribution in [-0.2, 0) is 15.6 Å². The Bertz CT molecular complexity index is 1180. The highest BCUT2D eigenvalue weighted by molar-refractivity contribution is 6.07. The first-order valence-corrected chi connectivity index (χ1v) is 12.9. The standard InChI is InChI=1S/C31H40N2O4/c1-29(2,3)37-28(36)33-19-18-32-27(35)22-11-8-21(9-12-22)10-15-26(34)23-13-14-24-25(20-23)31(6,7)17-16-30(24,4)5/h8-15,20H,16-19H2,1-7H3,(H,32,35)(H,33,36)/b15-10+. The third-order valence-electron chi connectivity index (χ3n) is 6.82. The summed E-state index contributed by atoms with van der Waals surface area (Å²) in [6.45, 7) is 15.0. The van der Waals surface area contributed by atoms with E-state index >= 15 is 0 Å². The van der Waals surface area contributed by atoms with Crippen molar-refractivity contribution in [2.24, 2.45) is 0 Å². The first-order chi connectivity index (χ1) is 17.2. The maximum atomic E-state index is 12.9. The van der Waals surface area contributed by atoms with Gasteiger partial charge in [0.2, 0.25) is 0 Å². The summed E-state index contributed by atoms with van der Waals surface area (Å²) in [5.41, 5.74) is 4.22. The van der Waals surface area contributed by atoms with Crippen LogP contribution >= 0.6 is 0 Å². The Morgan fingerprint density at radius 2 is 1.41 bits per heavy atom. The number of fused-ring (bicyclic) bond motifs is 1. The Labute approximate surface area is 220 Å². The van der Waals surface area contributed by atoms with E-state index in [4.69, 9.17) is 4.74 Å². The summed E-state index contributed by atoms with van der Waals surface area (Å²) in [6, 6.07) is 13.1. The maximum Gasteiger partial charge on any atom is 0.407 e. The molecule has 0 bridgehead atoms. The number of rotatable bonds is 7. The number of allylic oxidation sites excluding steroid dienone is 1. The van der Waals surface area contributed by atoms with Crippen LogP contribution in [0.5, 0.6) is 0 Å². The van der Waals surface area contributed by atoms with E-state index in [0.29, 0.717) is 11.1 Å². The van der Waals surface area contributed by atoms with Crippen molar-refractivity contribution in [3.63, 3.8) is 0 Å². The minimum absolute atomic E-state index is 0.0405. The van der Waals surface area contributed by atoms with Crippen LogP contribution in [0, 0.1) is 0 Å². The number of carbonyl (C=O) groups is 3. The molecule has 2 aromatic rings. The van der Waals surface area contributed by atoms with Gasteiger partial charge in [-0.05, 0) is 85.4 Å². The molecule has 6 nitrogen and oxygen atoms in total. The molecule has 0 radical (unpaired) electrons. The molecule has 6 heteroatoms. The predicted octanol–water partition coefficient (Wildman–Crippen LogP) is 6.19. The van der Waals surface area contributed by atoms with Crippen LogP contribution in [0.2, 0.25) is 0 Å². The van der Waals surface area contributed by atoms with Crippen molar-refractivity contribution < 1.29 is 19.1 Å². The molecule has 0 saturated heterocycles. The van der Waals surface area contributed by atoms with E-state index in [9.17, 15) is 14.4 Å². The summed E-state index contributed by atoms with van der Waals surface area (Å²) in [6.07, 6.45) is 5.07. The molecule has 198 valence electrons. The van der Waals surface area contributed by atoms with E-state index < -0.39 is 11.7 Å². The third kappa shape index (κ3) is 7.54. The average molecular weight is 505 g/mol. The number of hydrogen-bond acceptors (Lipinski definition) is 4. The van der Waals surface area contributed by atoms with Crippen LogP contribution in [0.25, 0.3) is 6.08 Å².